The van der Waals surface area contributed by atoms with Gasteiger partial charge >= 0.3 is 5.97 Å². The lowest BCUT2D eigenvalue weighted by atomic mass is 10.1. The number of likely N-dealkylation sites (tertiary alicyclic amines) is 1. The molecule has 1 heterocycles. The monoisotopic (exact) mass is 365 g/mol. The van der Waals surface area contributed by atoms with Gasteiger partial charge in [-0.05, 0) is 31.9 Å². The molecule has 0 aromatic heterocycles. The number of ether oxygens (including phenoxy) is 4. The van der Waals surface area contributed by atoms with Gasteiger partial charge in [-0.15, -0.1) is 0 Å². The standard InChI is InChI=1S/C18H23NO7/c1-5-26-18(22)15(20)12-7-6-8-19(12)17(21)11-9-13(23-2)16(25-4)14(10-11)24-3/h9-10,12H,5-8H2,1-4H3/t12-/m0/s1. The third kappa shape index (κ3) is 3.74. The van der Waals surface area contributed by atoms with E-state index in [0.717, 1.165) is 0 Å². The van der Waals surface area contributed by atoms with E-state index in [4.69, 9.17) is 18.9 Å². The van der Waals surface area contributed by atoms with Crippen molar-refractivity contribution in [3.05, 3.63) is 17.7 Å². The molecule has 1 aliphatic rings. The number of Topliss-reactive ketones (excluding diaryl/α,β-unsaturated/α-hetero) is 1. The lowest BCUT2D eigenvalue weighted by Gasteiger charge is -2.23. The predicted octanol–water partition coefficient (Wildman–Crippen LogP) is 1.45. The number of hydrogen-bond donors (Lipinski definition) is 0. The van der Waals surface area contributed by atoms with Gasteiger partial charge in [-0.2, -0.15) is 0 Å². The average Bonchev–Trinajstić information content (AvgIpc) is 3.15. The molecule has 0 unspecified atom stereocenters. The molecule has 8 heteroatoms. The van der Waals surface area contributed by atoms with E-state index in [0.29, 0.717) is 36.6 Å². The smallest absolute Gasteiger partial charge is 0.376 e. The van der Waals surface area contributed by atoms with Crippen molar-refractivity contribution in [1.29, 1.82) is 0 Å². The molecule has 1 saturated heterocycles. The number of benzene rings is 1. The quantitative estimate of drug-likeness (QED) is 0.533. The molecule has 0 saturated carbocycles. The van der Waals surface area contributed by atoms with Gasteiger partial charge in [0.05, 0.1) is 27.9 Å². The zero-order chi connectivity index (χ0) is 19.3. The van der Waals surface area contributed by atoms with Crippen LogP contribution in [0.25, 0.3) is 0 Å². The van der Waals surface area contributed by atoms with Gasteiger partial charge in [0.15, 0.2) is 11.5 Å². The van der Waals surface area contributed by atoms with E-state index in [1.54, 1.807) is 6.92 Å². The molecule has 1 amide bonds. The van der Waals surface area contributed by atoms with Crippen LogP contribution in [0.15, 0.2) is 12.1 Å². The summed E-state index contributed by atoms with van der Waals surface area (Å²) >= 11 is 0. The van der Waals surface area contributed by atoms with Gasteiger partial charge in [0.2, 0.25) is 5.75 Å². The summed E-state index contributed by atoms with van der Waals surface area (Å²) in [6.07, 6.45) is 1.06. The van der Waals surface area contributed by atoms with Gasteiger partial charge < -0.3 is 23.8 Å². The van der Waals surface area contributed by atoms with Gasteiger partial charge in [0.25, 0.3) is 11.7 Å². The van der Waals surface area contributed by atoms with Crippen molar-refractivity contribution < 1.29 is 33.3 Å². The van der Waals surface area contributed by atoms with Crippen molar-refractivity contribution in [3.8, 4) is 17.2 Å². The molecule has 0 radical (unpaired) electrons. The maximum absolute atomic E-state index is 12.9. The van der Waals surface area contributed by atoms with Crippen molar-refractivity contribution in [2.24, 2.45) is 0 Å². The number of carbonyl (C=O) groups excluding carboxylic acids is 3. The molecule has 1 atom stereocenters. The largest absolute Gasteiger partial charge is 0.493 e. The molecular formula is C18H23NO7. The Hall–Kier alpha value is -2.77. The summed E-state index contributed by atoms with van der Waals surface area (Å²) in [4.78, 5) is 38.4. The molecule has 26 heavy (non-hydrogen) atoms. The van der Waals surface area contributed by atoms with Gasteiger partial charge in [-0.25, -0.2) is 4.79 Å². The first kappa shape index (κ1) is 19.6. The van der Waals surface area contributed by atoms with Crippen LogP contribution in [0.1, 0.15) is 30.1 Å². The molecule has 1 aliphatic heterocycles. The molecule has 142 valence electrons. The van der Waals surface area contributed by atoms with Gasteiger partial charge in [-0.1, -0.05) is 0 Å². The first-order valence-corrected chi connectivity index (χ1v) is 8.30. The Balaban J connectivity index is 2.32. The van der Waals surface area contributed by atoms with E-state index in [1.807, 2.05) is 0 Å². The maximum Gasteiger partial charge on any atom is 0.376 e. The molecule has 1 aromatic rings. The minimum Gasteiger partial charge on any atom is -0.493 e. The Morgan fingerprint density at radius 1 is 1.08 bits per heavy atom. The van der Waals surface area contributed by atoms with Gasteiger partial charge in [-0.3, -0.25) is 9.59 Å². The normalized spacial score (nSPS) is 16.2. The van der Waals surface area contributed by atoms with Gasteiger partial charge in [0, 0.05) is 12.1 Å². The van der Waals surface area contributed by atoms with Crippen molar-refractivity contribution >= 4 is 17.7 Å². The van der Waals surface area contributed by atoms with Crippen LogP contribution in [-0.4, -0.2) is 63.1 Å². The molecule has 8 nitrogen and oxygen atoms in total. The summed E-state index contributed by atoms with van der Waals surface area (Å²) in [7, 11) is 4.37. The number of ketones is 1. The second kappa shape index (κ2) is 8.55. The molecule has 0 aliphatic carbocycles. The van der Waals surface area contributed by atoms with Crippen molar-refractivity contribution in [1.82, 2.24) is 4.90 Å². The fourth-order valence-electron chi connectivity index (χ4n) is 2.99. The minimum absolute atomic E-state index is 0.109. The fourth-order valence-corrected chi connectivity index (χ4v) is 2.99. The zero-order valence-corrected chi connectivity index (χ0v) is 15.4. The lowest BCUT2D eigenvalue weighted by molar-refractivity contribution is -0.155. The highest BCUT2D eigenvalue weighted by Gasteiger charge is 2.38. The second-order valence-electron chi connectivity index (χ2n) is 5.66. The van der Waals surface area contributed by atoms with E-state index in [9.17, 15) is 14.4 Å². The van der Waals surface area contributed by atoms with E-state index in [1.165, 1.54) is 38.4 Å². The summed E-state index contributed by atoms with van der Waals surface area (Å²) in [5, 5.41) is 0. The summed E-state index contributed by atoms with van der Waals surface area (Å²) in [5.41, 5.74) is 0.281. The van der Waals surface area contributed by atoms with Crippen LogP contribution in [-0.2, 0) is 14.3 Å². The highest BCUT2D eigenvalue weighted by molar-refractivity contribution is 6.36. The number of methoxy groups -OCH3 is 3. The number of hydrogen-bond acceptors (Lipinski definition) is 7. The molecule has 1 fully saturated rings. The second-order valence-corrected chi connectivity index (χ2v) is 5.66. The highest BCUT2D eigenvalue weighted by Crippen LogP contribution is 2.38. The van der Waals surface area contributed by atoms with E-state index < -0.39 is 17.8 Å². The van der Waals surface area contributed by atoms with Crippen molar-refractivity contribution in [3.63, 3.8) is 0 Å². The zero-order valence-electron chi connectivity index (χ0n) is 15.4. The van der Waals surface area contributed by atoms with Crippen molar-refractivity contribution in [2.75, 3.05) is 34.5 Å². The van der Waals surface area contributed by atoms with Crippen LogP contribution < -0.4 is 14.2 Å². The predicted molar refractivity (Wildman–Crippen MR) is 91.8 cm³/mol. The molecule has 2 rings (SSSR count). The molecule has 0 spiro atoms. The molecule has 0 bridgehead atoms. The summed E-state index contributed by atoms with van der Waals surface area (Å²) in [6.45, 7) is 2.11. The molecular weight excluding hydrogens is 342 g/mol. The number of nitrogens with zero attached hydrogens (tertiary/aromatic N) is 1. The Morgan fingerprint density at radius 2 is 1.69 bits per heavy atom. The van der Waals surface area contributed by atoms with Crippen LogP contribution in [0.4, 0.5) is 0 Å². The molecule has 0 N–H and O–H groups in total. The Bertz CT molecular complexity index is 676. The van der Waals surface area contributed by atoms with Crippen molar-refractivity contribution in [2.45, 2.75) is 25.8 Å². The maximum atomic E-state index is 12.9. The minimum atomic E-state index is -0.915. The number of esters is 1. The third-order valence-corrected chi connectivity index (χ3v) is 4.20. The van der Waals surface area contributed by atoms with Crippen LogP contribution in [0, 0.1) is 0 Å². The Kier molecular flexibility index (Phi) is 6.43. The van der Waals surface area contributed by atoms with E-state index in [-0.39, 0.29) is 18.1 Å². The SMILES string of the molecule is CCOC(=O)C(=O)[C@@H]1CCCN1C(=O)c1cc(OC)c(OC)c(OC)c1. The van der Waals surface area contributed by atoms with E-state index >= 15 is 0 Å². The lowest BCUT2D eigenvalue weighted by Crippen LogP contribution is -2.43. The third-order valence-electron chi connectivity index (χ3n) is 4.20. The van der Waals surface area contributed by atoms with Gasteiger partial charge in [0.1, 0.15) is 6.04 Å². The number of amides is 1. The average molecular weight is 365 g/mol. The Morgan fingerprint density at radius 3 is 2.19 bits per heavy atom. The summed E-state index contributed by atoms with van der Waals surface area (Å²) < 4.78 is 20.5. The molecule has 1 aromatic carbocycles. The van der Waals surface area contributed by atoms with Crippen LogP contribution in [0.3, 0.4) is 0 Å². The topological polar surface area (TPSA) is 91.4 Å². The van der Waals surface area contributed by atoms with Crippen LogP contribution in [0.2, 0.25) is 0 Å². The van der Waals surface area contributed by atoms with Crippen LogP contribution in [0.5, 0.6) is 17.2 Å². The number of carbonyl (C=O) groups is 3. The first-order chi connectivity index (χ1) is 12.5. The van der Waals surface area contributed by atoms with Crippen LogP contribution >= 0.6 is 0 Å². The fraction of sp³-hybridized carbons (Fsp3) is 0.500. The summed E-state index contributed by atoms with van der Waals surface area (Å²) in [5.74, 6) is -0.964. The van der Waals surface area contributed by atoms with E-state index in [2.05, 4.69) is 0 Å². The highest BCUT2D eigenvalue weighted by atomic mass is 16.5. The first-order valence-electron chi connectivity index (χ1n) is 8.30. The number of rotatable bonds is 7. The summed E-state index contributed by atoms with van der Waals surface area (Å²) in [6, 6.07) is 2.22. The Labute approximate surface area is 152 Å².